The van der Waals surface area contributed by atoms with Gasteiger partial charge in [0.15, 0.2) is 5.96 Å². The number of rotatable bonds is 8. The summed E-state index contributed by atoms with van der Waals surface area (Å²) in [4.78, 5) is 20.7. The third kappa shape index (κ3) is 7.40. The van der Waals surface area contributed by atoms with Crippen LogP contribution in [-0.4, -0.2) is 68.0 Å². The molecule has 0 aromatic carbocycles. The van der Waals surface area contributed by atoms with Crippen LogP contribution in [0.1, 0.15) is 52.4 Å². The number of amides is 1. The number of hydrogen-bond donors (Lipinski definition) is 2. The van der Waals surface area contributed by atoms with Crippen LogP contribution >= 0.6 is 24.0 Å². The Kier molecular flexibility index (Phi) is 11.6. The summed E-state index contributed by atoms with van der Waals surface area (Å²) in [6.45, 7) is 10.7. The van der Waals surface area contributed by atoms with E-state index in [0.29, 0.717) is 0 Å². The van der Waals surface area contributed by atoms with Crippen molar-refractivity contribution in [1.29, 1.82) is 0 Å². The number of aliphatic imine (C=N–C) groups is 1. The van der Waals surface area contributed by atoms with Gasteiger partial charge in [-0.15, -0.1) is 24.0 Å². The molecule has 158 valence electrons. The fourth-order valence-electron chi connectivity index (χ4n) is 4.65. The molecular formula is C20H40IN5O. The Morgan fingerprint density at radius 3 is 2.59 bits per heavy atom. The van der Waals surface area contributed by atoms with E-state index in [0.717, 1.165) is 76.3 Å². The zero-order valence-corrected chi connectivity index (χ0v) is 19.8. The van der Waals surface area contributed by atoms with Gasteiger partial charge in [0.1, 0.15) is 0 Å². The average Bonchev–Trinajstić information content (AvgIpc) is 3.12. The fraction of sp³-hybridized carbons (Fsp3) is 0.900. The number of likely N-dealkylation sites (tertiary alicyclic amines) is 2. The molecule has 0 bridgehead atoms. The Morgan fingerprint density at radius 1 is 1.22 bits per heavy atom. The van der Waals surface area contributed by atoms with Crippen LogP contribution in [0.25, 0.3) is 0 Å². The van der Waals surface area contributed by atoms with Gasteiger partial charge in [0.05, 0.1) is 5.92 Å². The molecule has 0 aliphatic carbocycles. The molecule has 2 atom stereocenters. The summed E-state index contributed by atoms with van der Waals surface area (Å²) in [6, 6.07) is 0. The zero-order valence-electron chi connectivity index (χ0n) is 17.5. The van der Waals surface area contributed by atoms with Crippen LogP contribution in [0.5, 0.6) is 0 Å². The molecule has 27 heavy (non-hydrogen) atoms. The standard InChI is InChI=1S/C20H39N5O.HI/c1-4-16(5-2)17-9-13-25(15-17)20(22-3)23-10-7-12-24-11-6-8-18(14-24)19(21)26;/h16-18H,4-15H2,1-3H3,(H2,21,26)(H,22,23);1H. The first-order valence-corrected chi connectivity index (χ1v) is 10.6. The van der Waals surface area contributed by atoms with Crippen molar-refractivity contribution in [3.05, 3.63) is 0 Å². The van der Waals surface area contributed by atoms with Crippen molar-refractivity contribution in [3.8, 4) is 0 Å². The summed E-state index contributed by atoms with van der Waals surface area (Å²) < 4.78 is 0. The summed E-state index contributed by atoms with van der Waals surface area (Å²) in [5, 5.41) is 3.54. The van der Waals surface area contributed by atoms with Crippen molar-refractivity contribution in [2.75, 3.05) is 46.3 Å². The molecule has 0 saturated carbocycles. The zero-order chi connectivity index (χ0) is 18.9. The highest BCUT2D eigenvalue weighted by Gasteiger charge is 2.29. The number of carbonyl (C=O) groups excluding carboxylic acids is 1. The Balaban J connectivity index is 0.00000364. The Bertz CT molecular complexity index is 469. The first kappa shape index (κ1) is 24.5. The highest BCUT2D eigenvalue weighted by molar-refractivity contribution is 14.0. The molecular weight excluding hydrogens is 453 g/mol. The minimum absolute atomic E-state index is 0. The van der Waals surface area contributed by atoms with Gasteiger partial charge in [0.2, 0.25) is 5.91 Å². The molecule has 0 radical (unpaired) electrons. The number of carbonyl (C=O) groups is 1. The minimum atomic E-state index is -0.144. The third-order valence-corrected chi connectivity index (χ3v) is 6.29. The SMILES string of the molecule is CCC(CC)C1CCN(C(=NC)NCCCN2CCCC(C(N)=O)C2)C1.I. The largest absolute Gasteiger partial charge is 0.369 e. The molecule has 2 aliphatic heterocycles. The molecule has 7 heteroatoms. The van der Waals surface area contributed by atoms with Crippen LogP contribution in [0.3, 0.4) is 0 Å². The van der Waals surface area contributed by atoms with Gasteiger partial charge < -0.3 is 20.9 Å². The number of nitrogens with one attached hydrogen (secondary N) is 1. The van der Waals surface area contributed by atoms with Gasteiger partial charge in [-0.2, -0.15) is 0 Å². The molecule has 2 unspecified atom stereocenters. The molecule has 2 fully saturated rings. The highest BCUT2D eigenvalue weighted by Crippen LogP contribution is 2.28. The lowest BCUT2D eigenvalue weighted by Crippen LogP contribution is -2.43. The number of guanidine groups is 1. The number of piperidine rings is 1. The van der Waals surface area contributed by atoms with Crippen molar-refractivity contribution in [2.45, 2.75) is 52.4 Å². The average molecular weight is 493 g/mol. The van der Waals surface area contributed by atoms with E-state index in [4.69, 9.17) is 5.73 Å². The lowest BCUT2D eigenvalue weighted by molar-refractivity contribution is -0.123. The van der Waals surface area contributed by atoms with E-state index in [9.17, 15) is 4.79 Å². The van der Waals surface area contributed by atoms with E-state index in [2.05, 4.69) is 34.0 Å². The quantitative estimate of drug-likeness (QED) is 0.236. The third-order valence-electron chi connectivity index (χ3n) is 6.29. The molecule has 3 N–H and O–H groups in total. The first-order chi connectivity index (χ1) is 12.6. The predicted molar refractivity (Wildman–Crippen MR) is 124 cm³/mol. The van der Waals surface area contributed by atoms with E-state index < -0.39 is 0 Å². The second-order valence-corrected chi connectivity index (χ2v) is 7.94. The molecule has 2 rings (SSSR count). The van der Waals surface area contributed by atoms with E-state index >= 15 is 0 Å². The number of halogens is 1. The second kappa shape index (κ2) is 12.8. The van der Waals surface area contributed by atoms with Crippen LogP contribution in [-0.2, 0) is 4.79 Å². The van der Waals surface area contributed by atoms with Crippen LogP contribution in [0, 0.1) is 17.8 Å². The fourth-order valence-corrected chi connectivity index (χ4v) is 4.65. The normalized spacial score (nSPS) is 24.1. The number of nitrogens with zero attached hydrogens (tertiary/aromatic N) is 3. The maximum atomic E-state index is 11.4. The minimum Gasteiger partial charge on any atom is -0.369 e. The van der Waals surface area contributed by atoms with Gasteiger partial charge in [0, 0.05) is 33.2 Å². The Morgan fingerprint density at radius 2 is 1.96 bits per heavy atom. The van der Waals surface area contributed by atoms with Crippen molar-refractivity contribution in [2.24, 2.45) is 28.5 Å². The molecule has 2 saturated heterocycles. The van der Waals surface area contributed by atoms with Crippen molar-refractivity contribution >= 4 is 35.8 Å². The van der Waals surface area contributed by atoms with E-state index in [-0.39, 0.29) is 35.8 Å². The summed E-state index contributed by atoms with van der Waals surface area (Å²) in [6.07, 6.45) is 6.94. The van der Waals surface area contributed by atoms with E-state index in [1.807, 2.05) is 7.05 Å². The van der Waals surface area contributed by atoms with E-state index in [1.165, 1.54) is 19.3 Å². The first-order valence-electron chi connectivity index (χ1n) is 10.6. The molecule has 0 spiro atoms. The predicted octanol–water partition coefficient (Wildman–Crippen LogP) is 2.53. The molecule has 0 aromatic heterocycles. The molecule has 2 aliphatic rings. The van der Waals surface area contributed by atoms with Crippen molar-refractivity contribution in [3.63, 3.8) is 0 Å². The molecule has 6 nitrogen and oxygen atoms in total. The van der Waals surface area contributed by atoms with Gasteiger partial charge in [-0.1, -0.05) is 26.7 Å². The molecule has 1 amide bonds. The smallest absolute Gasteiger partial charge is 0.221 e. The lowest BCUT2D eigenvalue weighted by atomic mass is 9.87. The molecule has 0 aromatic rings. The van der Waals surface area contributed by atoms with Crippen molar-refractivity contribution in [1.82, 2.24) is 15.1 Å². The summed E-state index contributed by atoms with van der Waals surface area (Å²) in [5.74, 6) is 2.59. The summed E-state index contributed by atoms with van der Waals surface area (Å²) in [5.41, 5.74) is 5.47. The second-order valence-electron chi connectivity index (χ2n) is 7.94. The Labute approximate surface area is 182 Å². The molecule has 2 heterocycles. The Hall–Kier alpha value is -0.570. The van der Waals surface area contributed by atoms with Gasteiger partial charge in [-0.05, 0) is 50.6 Å². The maximum Gasteiger partial charge on any atom is 0.221 e. The van der Waals surface area contributed by atoms with Gasteiger partial charge in [-0.25, -0.2) is 0 Å². The number of hydrogen-bond acceptors (Lipinski definition) is 3. The number of nitrogens with two attached hydrogens (primary N) is 1. The van der Waals surface area contributed by atoms with E-state index in [1.54, 1.807) is 0 Å². The van der Waals surface area contributed by atoms with Crippen LogP contribution in [0.4, 0.5) is 0 Å². The summed E-state index contributed by atoms with van der Waals surface area (Å²) in [7, 11) is 1.88. The number of primary amides is 1. The summed E-state index contributed by atoms with van der Waals surface area (Å²) >= 11 is 0. The monoisotopic (exact) mass is 493 g/mol. The highest BCUT2D eigenvalue weighted by atomic mass is 127. The van der Waals surface area contributed by atoms with Crippen LogP contribution in [0.2, 0.25) is 0 Å². The van der Waals surface area contributed by atoms with Crippen LogP contribution < -0.4 is 11.1 Å². The maximum absolute atomic E-state index is 11.4. The van der Waals surface area contributed by atoms with Crippen molar-refractivity contribution < 1.29 is 4.79 Å². The van der Waals surface area contributed by atoms with Gasteiger partial charge in [0.25, 0.3) is 0 Å². The van der Waals surface area contributed by atoms with Gasteiger partial charge in [-0.3, -0.25) is 9.79 Å². The topological polar surface area (TPSA) is 74.0 Å². The lowest BCUT2D eigenvalue weighted by Gasteiger charge is -2.31. The van der Waals surface area contributed by atoms with Crippen LogP contribution in [0.15, 0.2) is 4.99 Å². The van der Waals surface area contributed by atoms with Gasteiger partial charge >= 0.3 is 0 Å².